The average molecular weight is 623 g/mol. The number of nitro groups is 1. The molecule has 0 radical (unpaired) electrons. The minimum Gasteiger partial charge on any atom is -0.456 e. The van der Waals surface area contributed by atoms with Crippen LogP contribution in [0.5, 0.6) is 0 Å². The quantitative estimate of drug-likeness (QED) is 0.133. The molecule has 1 saturated heterocycles. The summed E-state index contributed by atoms with van der Waals surface area (Å²) in [4.78, 5) is 43.7. The number of fused-ring (bicyclic) bond motifs is 2. The van der Waals surface area contributed by atoms with Crippen LogP contribution in [0.1, 0.15) is 29.9 Å². The number of carbonyl (C=O) groups is 2. The number of ether oxygens (including phenoxy) is 1. The molecular weight excluding hydrogens is 596 g/mol. The summed E-state index contributed by atoms with van der Waals surface area (Å²) in [6.07, 6.45) is 2.12. The molecule has 6 rings (SSSR count). The Kier molecular flexibility index (Phi) is 6.94. The van der Waals surface area contributed by atoms with Gasteiger partial charge in [-0.25, -0.2) is 18.2 Å². The van der Waals surface area contributed by atoms with Crippen molar-refractivity contribution in [2.75, 3.05) is 0 Å². The van der Waals surface area contributed by atoms with Crippen LogP contribution in [0.25, 0.3) is 10.4 Å². The van der Waals surface area contributed by atoms with Gasteiger partial charge in [0.05, 0.1) is 32.8 Å². The molecule has 4 atom stereocenters. The number of amides is 1. The highest BCUT2D eigenvalue weighted by atomic mass is 32.2. The number of β-lactam (4-membered cyclic amide) rings is 1. The van der Waals surface area contributed by atoms with Gasteiger partial charge in [0.15, 0.2) is 5.03 Å². The molecule has 2 aromatic heterocycles. The molecule has 2 aliphatic rings. The Labute approximate surface area is 249 Å². The molecule has 0 bridgehead atoms. The number of benzene rings is 2. The number of aromatic nitrogens is 2. The Morgan fingerprint density at radius 1 is 1.19 bits per heavy atom. The Morgan fingerprint density at radius 2 is 1.86 bits per heavy atom. The predicted octanol–water partition coefficient (Wildman–Crippen LogP) is 3.76. The number of sulfone groups is 1. The number of non-ortho nitro benzene ring substituents is 1. The summed E-state index contributed by atoms with van der Waals surface area (Å²) in [5.74, 6) is -2.27. The molecule has 2 aromatic carbocycles. The van der Waals surface area contributed by atoms with E-state index in [9.17, 15) is 33.2 Å². The molecule has 1 N–H and O–H groups in total. The van der Waals surface area contributed by atoms with Crippen molar-refractivity contribution in [1.29, 1.82) is 0 Å². The number of nitro benzene ring substituents is 1. The van der Waals surface area contributed by atoms with Crippen molar-refractivity contribution in [2.45, 2.75) is 49.4 Å². The minimum atomic E-state index is -3.95. The number of hydrogen-bond acceptors (Lipinski definition) is 10. The van der Waals surface area contributed by atoms with Gasteiger partial charge < -0.3 is 14.7 Å². The third kappa shape index (κ3) is 4.62. The highest BCUT2D eigenvalue weighted by Gasteiger charge is 2.60. The number of aliphatic hydroxyl groups is 1. The zero-order valence-electron chi connectivity index (χ0n) is 23.2. The topological polar surface area (TPSA) is 161 Å². The molecule has 1 amide bonds. The summed E-state index contributed by atoms with van der Waals surface area (Å²) in [7, 11) is -3.95. The normalized spacial score (nSPS) is 20.7. The fourth-order valence-electron chi connectivity index (χ4n) is 5.73. The second-order valence-electron chi connectivity index (χ2n) is 10.7. The summed E-state index contributed by atoms with van der Waals surface area (Å²) in [6.45, 7) is 5.05. The fraction of sp³-hybridized carbons (Fsp3) is 0.276. The summed E-state index contributed by atoms with van der Waals surface area (Å²) < 4.78 is 34.1. The number of carbonyl (C=O) groups excluding carboxylic acids is 2. The number of nitrogens with zero attached hydrogens (tertiary/aromatic N) is 4. The van der Waals surface area contributed by atoms with Crippen molar-refractivity contribution in [3.8, 4) is 0 Å². The summed E-state index contributed by atoms with van der Waals surface area (Å²) in [6, 6.07) is 11.5. The van der Waals surface area contributed by atoms with Gasteiger partial charge in [0.25, 0.3) is 5.69 Å². The smallest absolute Gasteiger partial charge is 0.355 e. The van der Waals surface area contributed by atoms with Gasteiger partial charge in [0, 0.05) is 29.8 Å². The molecule has 1 fully saturated rings. The molecule has 222 valence electrons. The Hall–Kier alpha value is -4.40. The van der Waals surface area contributed by atoms with E-state index in [2.05, 4.69) is 4.98 Å². The largest absolute Gasteiger partial charge is 0.456 e. The Balaban J connectivity index is 1.39. The lowest BCUT2D eigenvalue weighted by atomic mass is 9.77. The zero-order chi connectivity index (χ0) is 30.8. The molecule has 14 heteroatoms. The van der Waals surface area contributed by atoms with Gasteiger partial charge in [-0.2, -0.15) is 0 Å². The van der Waals surface area contributed by atoms with E-state index >= 15 is 0 Å². The van der Waals surface area contributed by atoms with Gasteiger partial charge >= 0.3 is 5.97 Å². The second kappa shape index (κ2) is 10.4. The molecule has 4 aromatic rings. The van der Waals surface area contributed by atoms with Crippen LogP contribution >= 0.6 is 11.3 Å². The van der Waals surface area contributed by atoms with Crippen molar-refractivity contribution in [2.24, 2.45) is 11.8 Å². The number of imidazole rings is 1. The number of aliphatic hydroxyl groups excluding tert-OH is 1. The van der Waals surface area contributed by atoms with Crippen LogP contribution in [-0.2, 0) is 30.8 Å². The van der Waals surface area contributed by atoms with Crippen LogP contribution in [-0.4, -0.2) is 56.8 Å². The number of rotatable bonds is 8. The molecule has 12 nitrogen and oxygen atoms in total. The van der Waals surface area contributed by atoms with Crippen LogP contribution in [0.4, 0.5) is 5.69 Å². The fourth-order valence-corrected chi connectivity index (χ4v) is 8.54. The van der Waals surface area contributed by atoms with Gasteiger partial charge in [0.1, 0.15) is 23.5 Å². The van der Waals surface area contributed by atoms with Gasteiger partial charge in [-0.3, -0.25) is 19.3 Å². The van der Waals surface area contributed by atoms with Gasteiger partial charge in [-0.05, 0) is 43.7 Å². The van der Waals surface area contributed by atoms with Crippen LogP contribution in [0, 0.1) is 28.9 Å². The maximum absolute atomic E-state index is 13.6. The van der Waals surface area contributed by atoms with Crippen molar-refractivity contribution in [3.05, 3.63) is 92.9 Å². The van der Waals surface area contributed by atoms with Gasteiger partial charge in [-0.15, -0.1) is 11.3 Å². The first kappa shape index (κ1) is 28.7. The van der Waals surface area contributed by atoms with Crippen LogP contribution < -0.4 is 0 Å². The monoisotopic (exact) mass is 622 g/mol. The van der Waals surface area contributed by atoms with E-state index in [0.717, 1.165) is 16.9 Å². The van der Waals surface area contributed by atoms with Crippen molar-refractivity contribution >= 4 is 49.1 Å². The first-order valence-corrected chi connectivity index (χ1v) is 15.6. The molecule has 0 spiro atoms. The van der Waals surface area contributed by atoms with Crippen molar-refractivity contribution in [1.82, 2.24) is 14.3 Å². The number of esters is 1. The standard InChI is InChI=1S/C29H26N4O8S2/c1-15-4-10-20(11-5-15)43(39,40)26-28-31(14-30-26)12-21(42-28)22-16(2)24-23(17(3)34)27(35)32(24)25(22)29(36)41-13-18-6-8-19(9-7-18)33(37)38/h4-12,14,16-17,23-24,34H,13H2,1-3H3/t16-,17+,23+,24+/m0/s1. The molecule has 43 heavy (non-hydrogen) atoms. The van der Waals surface area contributed by atoms with Crippen LogP contribution in [0.3, 0.4) is 0 Å². The second-order valence-corrected chi connectivity index (χ2v) is 13.6. The maximum atomic E-state index is 13.6. The number of aryl methyl sites for hydroxylation is 1. The molecule has 4 heterocycles. The van der Waals surface area contributed by atoms with E-state index in [0.29, 0.717) is 20.8 Å². The highest BCUT2D eigenvalue weighted by Crippen LogP contribution is 2.52. The Morgan fingerprint density at radius 3 is 2.49 bits per heavy atom. The maximum Gasteiger partial charge on any atom is 0.355 e. The number of hydrogen-bond donors (Lipinski definition) is 1. The van der Waals surface area contributed by atoms with Crippen molar-refractivity contribution in [3.63, 3.8) is 0 Å². The first-order valence-electron chi connectivity index (χ1n) is 13.3. The zero-order valence-corrected chi connectivity index (χ0v) is 24.8. The molecule has 0 aliphatic carbocycles. The van der Waals surface area contributed by atoms with E-state index in [1.54, 1.807) is 22.7 Å². The SMILES string of the molecule is Cc1ccc(S(=O)(=O)c2ncn3cc(C4=C(C(=O)OCc5ccc([N+](=O)[O-])cc5)N5C(=O)[C@H]([C@@H](C)O)[C@H]5[C@H]4C)sc23)cc1. The molecule has 0 saturated carbocycles. The van der Waals surface area contributed by atoms with E-state index in [4.69, 9.17) is 4.74 Å². The number of thiazole rings is 1. The lowest BCUT2D eigenvalue weighted by molar-refractivity contribution is -0.384. The van der Waals surface area contributed by atoms with E-state index < -0.39 is 44.7 Å². The van der Waals surface area contributed by atoms with Crippen molar-refractivity contribution < 1.29 is 32.8 Å². The minimum absolute atomic E-state index is 0.0294. The average Bonchev–Trinajstić information content (AvgIpc) is 3.62. The summed E-state index contributed by atoms with van der Waals surface area (Å²) in [5, 5.41) is 21.2. The lowest BCUT2D eigenvalue weighted by Gasteiger charge is -2.46. The molecule has 2 aliphatic heterocycles. The first-order chi connectivity index (χ1) is 20.4. The predicted molar refractivity (Wildman–Crippen MR) is 154 cm³/mol. The third-order valence-corrected chi connectivity index (χ3v) is 10.9. The van der Waals surface area contributed by atoms with Gasteiger partial charge in [0.2, 0.25) is 15.7 Å². The summed E-state index contributed by atoms with van der Waals surface area (Å²) >= 11 is 1.13. The highest BCUT2D eigenvalue weighted by molar-refractivity contribution is 7.91. The molecular formula is C29H26N4O8S2. The molecule has 0 unspecified atom stereocenters. The van der Waals surface area contributed by atoms with E-state index in [1.807, 2.05) is 13.8 Å². The van der Waals surface area contributed by atoms with Crippen LogP contribution in [0.15, 0.2) is 76.7 Å². The van der Waals surface area contributed by atoms with E-state index in [1.165, 1.54) is 54.5 Å². The summed E-state index contributed by atoms with van der Waals surface area (Å²) in [5.41, 5.74) is 1.86. The Bertz CT molecular complexity index is 1920. The van der Waals surface area contributed by atoms with E-state index in [-0.39, 0.29) is 33.8 Å². The van der Waals surface area contributed by atoms with Gasteiger partial charge in [-0.1, -0.05) is 24.6 Å². The lowest BCUT2D eigenvalue weighted by Crippen LogP contribution is -2.63. The van der Waals surface area contributed by atoms with Crippen LogP contribution in [0.2, 0.25) is 0 Å². The third-order valence-electron chi connectivity index (χ3n) is 7.91.